The summed E-state index contributed by atoms with van der Waals surface area (Å²) in [7, 11) is 0.249. The summed E-state index contributed by atoms with van der Waals surface area (Å²) in [5.41, 5.74) is 7.33. The molecule has 2 N–H and O–H groups in total. The van der Waals surface area contributed by atoms with Gasteiger partial charge in [-0.25, -0.2) is 18.4 Å². The van der Waals surface area contributed by atoms with Gasteiger partial charge in [0.25, 0.3) is 0 Å². The third-order valence-corrected chi connectivity index (χ3v) is 6.50. The van der Waals surface area contributed by atoms with Crippen molar-refractivity contribution in [1.82, 2.24) is 9.91 Å². The van der Waals surface area contributed by atoms with E-state index in [4.69, 9.17) is 5.73 Å². The molecular formula is C18H30N6O2S. The highest BCUT2D eigenvalue weighted by molar-refractivity contribution is 7.95. The fourth-order valence-electron chi connectivity index (χ4n) is 2.48. The van der Waals surface area contributed by atoms with Crippen LogP contribution in [0.25, 0.3) is 0 Å². The first-order valence-corrected chi connectivity index (χ1v) is 10.2. The van der Waals surface area contributed by atoms with Crippen LogP contribution in [0.2, 0.25) is 0 Å². The predicted molar refractivity (Wildman–Crippen MR) is 114 cm³/mol. The molecule has 27 heavy (non-hydrogen) atoms. The van der Waals surface area contributed by atoms with E-state index < -0.39 is 15.1 Å². The summed E-state index contributed by atoms with van der Waals surface area (Å²) in [5.74, 6) is 0.295. The van der Waals surface area contributed by atoms with Gasteiger partial charge in [-0.3, -0.25) is 0 Å². The molecule has 0 amide bonds. The van der Waals surface area contributed by atoms with Crippen molar-refractivity contribution in [2.24, 2.45) is 20.8 Å². The number of hydrogen-bond acceptors (Lipinski definition) is 7. The summed E-state index contributed by atoms with van der Waals surface area (Å²) in [4.78, 5) is 10.5. The molecule has 0 saturated carbocycles. The SMILES string of the molecule is C=CC(C)S(=O)(=O)/C(C)=C1\N=C2CCN(C)CC2=CN1/N=C/N.CC=NC. The normalized spacial score (nSPS) is 21.1. The Kier molecular flexibility index (Phi) is 8.58. The maximum absolute atomic E-state index is 12.6. The van der Waals surface area contributed by atoms with E-state index in [0.29, 0.717) is 5.82 Å². The van der Waals surface area contributed by atoms with Crippen molar-refractivity contribution in [2.75, 3.05) is 27.2 Å². The molecule has 2 rings (SSSR count). The molecule has 2 aliphatic heterocycles. The summed E-state index contributed by atoms with van der Waals surface area (Å²) in [5, 5.41) is 4.78. The van der Waals surface area contributed by atoms with Gasteiger partial charge in [0.1, 0.15) is 6.34 Å². The number of likely N-dealkylation sites (N-methyl/N-ethyl adjacent to an activating group) is 1. The van der Waals surface area contributed by atoms with Crippen molar-refractivity contribution in [3.8, 4) is 0 Å². The second-order valence-corrected chi connectivity index (χ2v) is 8.64. The first kappa shape index (κ1) is 22.8. The summed E-state index contributed by atoms with van der Waals surface area (Å²) < 4.78 is 25.2. The van der Waals surface area contributed by atoms with Gasteiger partial charge in [-0.2, -0.15) is 5.10 Å². The maximum Gasteiger partial charge on any atom is 0.184 e. The Morgan fingerprint density at radius 1 is 1.48 bits per heavy atom. The van der Waals surface area contributed by atoms with Gasteiger partial charge in [0.2, 0.25) is 0 Å². The number of likely N-dealkylation sites (tertiary alicyclic amines) is 1. The third kappa shape index (κ3) is 5.61. The Morgan fingerprint density at radius 2 is 2.11 bits per heavy atom. The van der Waals surface area contributed by atoms with Crippen LogP contribution in [-0.2, 0) is 9.84 Å². The van der Waals surface area contributed by atoms with Gasteiger partial charge in [0.05, 0.1) is 15.9 Å². The van der Waals surface area contributed by atoms with E-state index in [-0.39, 0.29) is 4.91 Å². The van der Waals surface area contributed by atoms with Crippen molar-refractivity contribution in [2.45, 2.75) is 32.4 Å². The molecule has 1 atom stereocenters. The minimum absolute atomic E-state index is 0.164. The number of piperidine rings is 1. The molecular weight excluding hydrogens is 364 g/mol. The molecule has 1 saturated heterocycles. The highest BCUT2D eigenvalue weighted by Crippen LogP contribution is 2.28. The van der Waals surface area contributed by atoms with Crippen LogP contribution in [0.3, 0.4) is 0 Å². The third-order valence-electron chi connectivity index (χ3n) is 4.29. The summed E-state index contributed by atoms with van der Waals surface area (Å²) in [6.45, 7) is 10.2. The van der Waals surface area contributed by atoms with Crippen molar-refractivity contribution in [3.63, 3.8) is 0 Å². The molecule has 2 aliphatic rings. The second kappa shape index (κ2) is 10.2. The van der Waals surface area contributed by atoms with E-state index in [1.807, 2.05) is 14.0 Å². The van der Waals surface area contributed by atoms with Crippen LogP contribution in [0.1, 0.15) is 27.2 Å². The van der Waals surface area contributed by atoms with Gasteiger partial charge in [-0.1, -0.05) is 6.08 Å². The molecule has 0 aliphatic carbocycles. The lowest BCUT2D eigenvalue weighted by Gasteiger charge is -2.31. The second-order valence-electron chi connectivity index (χ2n) is 6.19. The lowest BCUT2D eigenvalue weighted by atomic mass is 10.0. The zero-order valence-corrected chi connectivity index (χ0v) is 17.6. The average molecular weight is 395 g/mol. The number of fused-ring (bicyclic) bond motifs is 1. The van der Waals surface area contributed by atoms with Crippen LogP contribution < -0.4 is 5.73 Å². The number of aliphatic imine (C=N–C) groups is 2. The van der Waals surface area contributed by atoms with Crippen LogP contribution in [0.4, 0.5) is 0 Å². The average Bonchev–Trinajstić information content (AvgIpc) is 2.66. The number of allylic oxidation sites excluding steroid dienone is 1. The molecule has 0 aromatic carbocycles. The van der Waals surface area contributed by atoms with E-state index in [2.05, 4.69) is 26.6 Å². The van der Waals surface area contributed by atoms with Crippen molar-refractivity contribution in [1.29, 1.82) is 0 Å². The number of rotatable bonds is 4. The van der Waals surface area contributed by atoms with Gasteiger partial charge in [-0.05, 0) is 34.0 Å². The van der Waals surface area contributed by atoms with E-state index in [0.717, 1.165) is 37.1 Å². The van der Waals surface area contributed by atoms with E-state index in [1.54, 1.807) is 33.3 Å². The summed E-state index contributed by atoms with van der Waals surface area (Å²) >= 11 is 0. The molecule has 1 unspecified atom stereocenters. The fraction of sp³-hybridized carbons (Fsp3) is 0.500. The summed E-state index contributed by atoms with van der Waals surface area (Å²) in [6, 6.07) is 0. The molecule has 150 valence electrons. The number of nitrogens with two attached hydrogens (primary N) is 1. The molecule has 0 aromatic rings. The lowest BCUT2D eigenvalue weighted by Crippen LogP contribution is -2.36. The van der Waals surface area contributed by atoms with Gasteiger partial charge < -0.3 is 15.6 Å². The fourth-order valence-corrected chi connectivity index (χ4v) is 3.69. The van der Waals surface area contributed by atoms with Gasteiger partial charge in [0.15, 0.2) is 15.7 Å². The largest absolute Gasteiger partial charge is 0.388 e. The Bertz CT molecular complexity index is 789. The maximum atomic E-state index is 12.6. The van der Waals surface area contributed by atoms with E-state index in [1.165, 1.54) is 11.1 Å². The number of nitrogens with zero attached hydrogens (tertiary/aromatic N) is 5. The molecule has 8 nitrogen and oxygen atoms in total. The van der Waals surface area contributed by atoms with Crippen LogP contribution in [-0.4, -0.2) is 69.0 Å². The Hall–Kier alpha value is -2.26. The minimum Gasteiger partial charge on any atom is -0.388 e. The van der Waals surface area contributed by atoms with Crippen LogP contribution in [0.5, 0.6) is 0 Å². The van der Waals surface area contributed by atoms with Gasteiger partial charge in [0, 0.05) is 38.3 Å². The quantitative estimate of drug-likeness (QED) is 0.444. The lowest BCUT2D eigenvalue weighted by molar-refractivity contribution is 0.356. The first-order chi connectivity index (χ1) is 12.7. The zero-order chi connectivity index (χ0) is 20.6. The topological polar surface area (TPSA) is 104 Å². The molecule has 1 fully saturated rings. The first-order valence-electron chi connectivity index (χ1n) is 8.67. The number of hydrazone groups is 1. The molecule has 9 heteroatoms. The Balaban J connectivity index is 0.000000828. The Morgan fingerprint density at radius 3 is 2.63 bits per heavy atom. The van der Waals surface area contributed by atoms with Crippen molar-refractivity contribution >= 4 is 28.1 Å². The highest BCUT2D eigenvalue weighted by Gasteiger charge is 2.30. The standard InChI is InChI=1S/C15H23N5O2S.C3H7N/c1-5-11(2)23(21,22)12(3)15-18-14-6-7-19(4)8-13(14)9-20(15)17-10-16;1-3-4-2/h5,9-11H,1,6-8H2,2-4H3,(H2,16,17);3H,1-2H3/b15-12+;. The van der Waals surface area contributed by atoms with E-state index >= 15 is 0 Å². The molecule has 0 radical (unpaired) electrons. The molecule has 2 heterocycles. The summed E-state index contributed by atoms with van der Waals surface area (Å²) in [6.07, 6.45) is 6.86. The van der Waals surface area contributed by atoms with Crippen LogP contribution >= 0.6 is 0 Å². The molecule has 0 spiro atoms. The predicted octanol–water partition coefficient (Wildman–Crippen LogP) is 1.75. The Labute approximate surface area is 162 Å². The van der Waals surface area contributed by atoms with Crippen molar-refractivity contribution < 1.29 is 8.42 Å². The van der Waals surface area contributed by atoms with Crippen LogP contribution in [0, 0.1) is 0 Å². The monoisotopic (exact) mass is 394 g/mol. The molecule has 0 aromatic heterocycles. The van der Waals surface area contributed by atoms with Gasteiger partial charge >= 0.3 is 0 Å². The number of sulfone groups is 1. The van der Waals surface area contributed by atoms with Crippen LogP contribution in [0.15, 0.2) is 50.2 Å². The van der Waals surface area contributed by atoms with Crippen molar-refractivity contribution in [3.05, 3.63) is 35.2 Å². The zero-order valence-electron chi connectivity index (χ0n) is 16.8. The molecule has 0 bridgehead atoms. The van der Waals surface area contributed by atoms with Gasteiger partial charge in [-0.15, -0.1) is 6.58 Å². The van der Waals surface area contributed by atoms with E-state index in [9.17, 15) is 8.42 Å². The smallest absolute Gasteiger partial charge is 0.184 e. The highest BCUT2D eigenvalue weighted by atomic mass is 32.2. The minimum atomic E-state index is -3.53. The number of hydrogen-bond donors (Lipinski definition) is 1.